The van der Waals surface area contributed by atoms with Gasteiger partial charge in [0.1, 0.15) is 11.6 Å². The highest BCUT2D eigenvalue weighted by Gasteiger charge is 2.24. The molecule has 0 atom stereocenters. The molecule has 33 heavy (non-hydrogen) atoms. The quantitative estimate of drug-likeness (QED) is 0.590. The molecule has 0 bridgehead atoms. The Morgan fingerprint density at radius 2 is 1.91 bits per heavy atom. The number of aromatic nitrogens is 3. The van der Waals surface area contributed by atoms with E-state index in [-0.39, 0.29) is 23.2 Å². The van der Waals surface area contributed by atoms with Gasteiger partial charge >= 0.3 is 0 Å². The number of nitrogens with zero attached hydrogens (tertiary/aromatic N) is 5. The number of halogens is 2. The van der Waals surface area contributed by atoms with Crippen LogP contribution in [-0.4, -0.2) is 63.9 Å². The van der Waals surface area contributed by atoms with Crippen LogP contribution < -0.4 is 5.32 Å². The lowest BCUT2D eigenvalue weighted by molar-refractivity contribution is 0.0664. The van der Waals surface area contributed by atoms with Crippen LogP contribution in [0.1, 0.15) is 35.7 Å². The Balaban J connectivity index is 1.70. The van der Waals surface area contributed by atoms with Crippen LogP contribution >= 0.6 is 11.6 Å². The third-order valence-corrected chi connectivity index (χ3v) is 5.94. The minimum atomic E-state index is -0.461. The molecule has 1 aliphatic rings. The Morgan fingerprint density at radius 3 is 2.64 bits per heavy atom. The topological polar surface area (TPSA) is 74.2 Å². The fourth-order valence-electron chi connectivity index (χ4n) is 3.69. The van der Waals surface area contributed by atoms with Gasteiger partial charge in [-0.1, -0.05) is 25.4 Å². The summed E-state index contributed by atoms with van der Waals surface area (Å²) >= 11 is 6.07. The molecular formula is C24H26ClFN6O. The van der Waals surface area contributed by atoms with E-state index in [9.17, 15) is 9.18 Å². The number of pyridine rings is 1. The molecule has 1 aliphatic heterocycles. The number of carbonyl (C=O) groups is 1. The van der Waals surface area contributed by atoms with Crippen molar-refractivity contribution in [1.82, 2.24) is 24.8 Å². The summed E-state index contributed by atoms with van der Waals surface area (Å²) in [5, 5.41) is 3.69. The van der Waals surface area contributed by atoms with Gasteiger partial charge in [-0.2, -0.15) is 0 Å². The van der Waals surface area contributed by atoms with Crippen LogP contribution in [0.4, 0.5) is 15.9 Å². The van der Waals surface area contributed by atoms with E-state index in [0.717, 1.165) is 18.7 Å². The first kappa shape index (κ1) is 23.1. The third-order valence-electron chi connectivity index (χ3n) is 5.70. The number of rotatable bonds is 5. The van der Waals surface area contributed by atoms with Gasteiger partial charge in [-0.05, 0) is 37.2 Å². The normalized spacial score (nSPS) is 14.5. The van der Waals surface area contributed by atoms with Crippen LogP contribution in [0, 0.1) is 5.82 Å². The molecule has 4 rings (SSSR count). The van der Waals surface area contributed by atoms with Crippen molar-refractivity contribution in [1.29, 1.82) is 0 Å². The van der Waals surface area contributed by atoms with Crippen LogP contribution in [0.3, 0.4) is 0 Å². The lowest BCUT2D eigenvalue weighted by atomic mass is 10.1. The van der Waals surface area contributed by atoms with Crippen LogP contribution in [-0.2, 0) is 0 Å². The average molecular weight is 469 g/mol. The Labute approximate surface area is 197 Å². The van der Waals surface area contributed by atoms with Crippen molar-refractivity contribution in [2.45, 2.75) is 19.8 Å². The molecular weight excluding hydrogens is 443 g/mol. The Bertz CT molecular complexity index is 1160. The average Bonchev–Trinajstić information content (AvgIpc) is 2.81. The number of carbonyl (C=O) groups excluding carboxylic acids is 1. The zero-order valence-corrected chi connectivity index (χ0v) is 19.6. The Hall–Kier alpha value is -3.10. The van der Waals surface area contributed by atoms with Gasteiger partial charge in [-0.3, -0.25) is 9.78 Å². The number of anilines is 2. The lowest BCUT2D eigenvalue weighted by Gasteiger charge is -2.32. The zero-order chi connectivity index (χ0) is 23.5. The highest BCUT2D eigenvalue weighted by molar-refractivity contribution is 6.30. The number of nitrogens with one attached hydrogen (secondary N) is 1. The van der Waals surface area contributed by atoms with Gasteiger partial charge in [-0.15, -0.1) is 0 Å². The van der Waals surface area contributed by atoms with Crippen LogP contribution in [0.5, 0.6) is 0 Å². The number of hydrogen-bond donors (Lipinski definition) is 1. The summed E-state index contributed by atoms with van der Waals surface area (Å²) in [6.07, 6.45) is 4.87. The van der Waals surface area contributed by atoms with Gasteiger partial charge in [-0.25, -0.2) is 14.4 Å². The van der Waals surface area contributed by atoms with E-state index in [1.54, 1.807) is 24.7 Å². The monoisotopic (exact) mass is 468 g/mol. The molecule has 3 aromatic rings. The summed E-state index contributed by atoms with van der Waals surface area (Å²) in [7, 11) is 2.04. The minimum Gasteiger partial charge on any atom is -0.339 e. The molecule has 1 amide bonds. The molecule has 0 radical (unpaired) electrons. The molecule has 0 spiro atoms. The first-order valence-electron chi connectivity index (χ1n) is 10.8. The summed E-state index contributed by atoms with van der Waals surface area (Å²) in [5.74, 6) is 0.276. The lowest BCUT2D eigenvalue weighted by Crippen LogP contribution is -2.47. The number of hydrogen-bond acceptors (Lipinski definition) is 6. The molecule has 1 saturated heterocycles. The molecule has 1 N–H and O–H groups in total. The highest BCUT2D eigenvalue weighted by atomic mass is 35.5. The fraction of sp³-hybridized carbons (Fsp3) is 0.333. The third kappa shape index (κ3) is 5.12. The van der Waals surface area contributed by atoms with Gasteiger partial charge in [0, 0.05) is 55.4 Å². The Kier molecular flexibility index (Phi) is 6.85. The van der Waals surface area contributed by atoms with E-state index in [1.165, 1.54) is 18.2 Å². The SMILES string of the molecule is CC(C)c1cnc(-c2cc(Cl)ccc2F)nc1Nc1ccncc1C(=O)N1CCN(C)CC1. The molecule has 172 valence electrons. The maximum absolute atomic E-state index is 14.5. The van der Waals surface area contributed by atoms with Crippen molar-refractivity contribution < 1.29 is 9.18 Å². The van der Waals surface area contributed by atoms with Crippen molar-refractivity contribution in [2.24, 2.45) is 0 Å². The van der Waals surface area contributed by atoms with E-state index >= 15 is 0 Å². The van der Waals surface area contributed by atoms with E-state index in [4.69, 9.17) is 11.6 Å². The molecule has 0 saturated carbocycles. The standard InChI is InChI=1S/C24H26ClFN6O/c1-15(2)18-14-28-22(17-12-16(25)4-5-20(17)26)30-23(18)29-21-6-7-27-13-19(21)24(33)32-10-8-31(3)9-11-32/h4-7,12-15H,8-11H2,1-3H3,(H,27,28,29,30). The second-order valence-electron chi connectivity index (χ2n) is 8.42. The van der Waals surface area contributed by atoms with Gasteiger partial charge in [0.2, 0.25) is 0 Å². The molecule has 7 nitrogen and oxygen atoms in total. The second-order valence-corrected chi connectivity index (χ2v) is 8.85. The van der Waals surface area contributed by atoms with Gasteiger partial charge in [0.05, 0.1) is 16.8 Å². The minimum absolute atomic E-state index is 0.0834. The summed E-state index contributed by atoms with van der Waals surface area (Å²) < 4.78 is 14.5. The molecule has 2 aromatic heterocycles. The van der Waals surface area contributed by atoms with Gasteiger partial charge in [0.15, 0.2) is 5.82 Å². The van der Waals surface area contributed by atoms with Crippen molar-refractivity contribution >= 4 is 29.0 Å². The Morgan fingerprint density at radius 1 is 1.15 bits per heavy atom. The van der Waals surface area contributed by atoms with Crippen LogP contribution in [0.15, 0.2) is 42.9 Å². The van der Waals surface area contributed by atoms with Gasteiger partial charge in [0.25, 0.3) is 5.91 Å². The van der Waals surface area contributed by atoms with Crippen molar-refractivity contribution in [3.8, 4) is 11.4 Å². The van der Waals surface area contributed by atoms with Crippen LogP contribution in [0.25, 0.3) is 11.4 Å². The maximum atomic E-state index is 14.5. The molecule has 1 aromatic carbocycles. The highest BCUT2D eigenvalue weighted by Crippen LogP contribution is 2.30. The largest absolute Gasteiger partial charge is 0.339 e. The van der Waals surface area contributed by atoms with E-state index in [2.05, 4.69) is 25.2 Å². The zero-order valence-electron chi connectivity index (χ0n) is 18.8. The summed E-state index contributed by atoms with van der Waals surface area (Å²) in [5.41, 5.74) is 2.11. The summed E-state index contributed by atoms with van der Waals surface area (Å²) in [4.78, 5) is 30.4. The van der Waals surface area contributed by atoms with Crippen molar-refractivity contribution in [2.75, 3.05) is 38.5 Å². The number of piperazine rings is 1. The van der Waals surface area contributed by atoms with E-state index < -0.39 is 5.82 Å². The van der Waals surface area contributed by atoms with Crippen molar-refractivity contribution in [3.63, 3.8) is 0 Å². The van der Waals surface area contributed by atoms with Crippen molar-refractivity contribution in [3.05, 3.63) is 64.8 Å². The van der Waals surface area contributed by atoms with Gasteiger partial charge < -0.3 is 15.1 Å². The molecule has 1 fully saturated rings. The molecule has 3 heterocycles. The predicted molar refractivity (Wildman–Crippen MR) is 127 cm³/mol. The maximum Gasteiger partial charge on any atom is 0.257 e. The molecule has 0 unspecified atom stereocenters. The predicted octanol–water partition coefficient (Wildman–Crippen LogP) is 4.59. The number of likely N-dealkylation sites (N-methyl/N-ethyl adjacent to an activating group) is 1. The summed E-state index contributed by atoms with van der Waals surface area (Å²) in [6, 6.07) is 6.02. The number of benzene rings is 1. The molecule has 0 aliphatic carbocycles. The number of amides is 1. The van der Waals surface area contributed by atoms with E-state index in [0.29, 0.717) is 35.2 Å². The summed E-state index contributed by atoms with van der Waals surface area (Å²) in [6.45, 7) is 7.01. The van der Waals surface area contributed by atoms with E-state index in [1.807, 2.05) is 25.8 Å². The molecule has 9 heteroatoms. The van der Waals surface area contributed by atoms with Crippen LogP contribution in [0.2, 0.25) is 5.02 Å². The fourth-order valence-corrected chi connectivity index (χ4v) is 3.87. The first-order chi connectivity index (χ1) is 15.8. The smallest absolute Gasteiger partial charge is 0.257 e. The second kappa shape index (κ2) is 9.80. The first-order valence-corrected chi connectivity index (χ1v) is 11.2.